The molecule has 1 saturated heterocycles. The Morgan fingerprint density at radius 3 is 2.71 bits per heavy atom. The van der Waals surface area contributed by atoms with Gasteiger partial charge in [-0.25, -0.2) is 0 Å². The molecule has 1 atom stereocenters. The van der Waals surface area contributed by atoms with E-state index in [4.69, 9.17) is 0 Å². The van der Waals surface area contributed by atoms with Crippen LogP contribution in [0.4, 0.5) is 5.69 Å². The molecular weight excluding hydrogens is 390 g/mol. The fourth-order valence-corrected chi connectivity index (χ4v) is 4.08. The molecule has 1 saturated carbocycles. The number of likely N-dealkylation sites (N-methyl/N-ethyl adjacent to an activating group) is 1. The Morgan fingerprint density at radius 2 is 2.00 bits per heavy atom. The maximum Gasteiger partial charge on any atom is 0.271 e. The van der Waals surface area contributed by atoms with Crippen molar-refractivity contribution < 1.29 is 4.79 Å². The maximum atomic E-state index is 12.8. The first-order valence-electron chi connectivity index (χ1n) is 11.0. The molecule has 0 bridgehead atoms. The second-order valence-electron chi connectivity index (χ2n) is 8.83. The Morgan fingerprint density at radius 1 is 1.23 bits per heavy atom. The van der Waals surface area contributed by atoms with Gasteiger partial charge in [0, 0.05) is 62.5 Å². The van der Waals surface area contributed by atoms with Gasteiger partial charge in [0.1, 0.15) is 5.69 Å². The third-order valence-electron chi connectivity index (χ3n) is 6.01. The second kappa shape index (κ2) is 9.47. The third kappa shape index (κ3) is 5.41. The summed E-state index contributed by atoms with van der Waals surface area (Å²) in [6, 6.07) is 6.02. The Kier molecular flexibility index (Phi) is 6.51. The van der Waals surface area contributed by atoms with Crippen LogP contribution in [0.5, 0.6) is 0 Å². The van der Waals surface area contributed by atoms with Crippen molar-refractivity contribution in [3.8, 4) is 11.1 Å². The molecule has 1 aliphatic heterocycles. The van der Waals surface area contributed by atoms with Gasteiger partial charge in [0.25, 0.3) is 5.56 Å². The van der Waals surface area contributed by atoms with Crippen LogP contribution in [0.25, 0.3) is 11.1 Å². The summed E-state index contributed by atoms with van der Waals surface area (Å²) in [4.78, 5) is 38.6. The molecule has 2 aromatic heterocycles. The van der Waals surface area contributed by atoms with Crippen LogP contribution >= 0.6 is 0 Å². The number of aromatic amines is 1. The molecule has 0 radical (unpaired) electrons. The van der Waals surface area contributed by atoms with Gasteiger partial charge in [0.15, 0.2) is 0 Å². The summed E-state index contributed by atoms with van der Waals surface area (Å²) < 4.78 is 0. The number of likely N-dealkylation sites (tertiary alicyclic amines) is 1. The van der Waals surface area contributed by atoms with Crippen molar-refractivity contribution in [2.45, 2.75) is 25.3 Å². The van der Waals surface area contributed by atoms with Crippen LogP contribution in [0.2, 0.25) is 0 Å². The van der Waals surface area contributed by atoms with Gasteiger partial charge in [-0.05, 0) is 63.0 Å². The van der Waals surface area contributed by atoms with Gasteiger partial charge in [-0.3, -0.25) is 14.6 Å². The number of aromatic nitrogens is 2. The molecule has 2 aromatic rings. The number of nitrogens with one attached hydrogen (secondary N) is 1. The summed E-state index contributed by atoms with van der Waals surface area (Å²) in [5.74, 6) is 0.684. The number of hydrogen-bond acceptors (Lipinski definition) is 5. The number of carbonyl (C=O) groups is 1. The number of pyridine rings is 2. The summed E-state index contributed by atoms with van der Waals surface area (Å²) >= 11 is 0. The number of carbonyl (C=O) groups excluding carboxylic acids is 1. The van der Waals surface area contributed by atoms with E-state index in [1.807, 2.05) is 48.2 Å². The van der Waals surface area contributed by atoms with E-state index in [0.29, 0.717) is 18.2 Å². The van der Waals surface area contributed by atoms with Gasteiger partial charge in [-0.1, -0.05) is 6.08 Å². The lowest BCUT2D eigenvalue weighted by atomic mass is 10.1. The highest BCUT2D eigenvalue weighted by Gasteiger charge is 2.34. The molecule has 2 fully saturated rings. The molecule has 31 heavy (non-hydrogen) atoms. The van der Waals surface area contributed by atoms with Crippen LogP contribution in [-0.2, 0) is 4.79 Å². The number of nitrogens with zero attached hydrogens (tertiary/aromatic N) is 4. The monoisotopic (exact) mass is 421 g/mol. The Balaban J connectivity index is 1.54. The SMILES string of the molecule is CN(C)C/C=C/C(=O)N1CC[C@H](N(CC2CC2)c2cc(-c3ccncc3)c[nH]c2=O)C1. The van der Waals surface area contributed by atoms with Crippen molar-refractivity contribution in [1.82, 2.24) is 19.8 Å². The molecule has 0 aromatic carbocycles. The van der Waals surface area contributed by atoms with Crippen molar-refractivity contribution in [2.75, 3.05) is 45.2 Å². The minimum atomic E-state index is -0.0749. The lowest BCUT2D eigenvalue weighted by Crippen LogP contribution is -2.42. The molecule has 0 unspecified atom stereocenters. The van der Waals surface area contributed by atoms with E-state index in [-0.39, 0.29) is 17.5 Å². The summed E-state index contributed by atoms with van der Waals surface area (Å²) in [5, 5.41) is 0. The predicted molar refractivity (Wildman–Crippen MR) is 123 cm³/mol. The van der Waals surface area contributed by atoms with E-state index in [1.165, 1.54) is 12.8 Å². The zero-order valence-corrected chi connectivity index (χ0v) is 18.3. The van der Waals surface area contributed by atoms with Gasteiger partial charge in [0.05, 0.1) is 0 Å². The van der Waals surface area contributed by atoms with Crippen LogP contribution in [0.1, 0.15) is 19.3 Å². The van der Waals surface area contributed by atoms with E-state index >= 15 is 0 Å². The second-order valence-corrected chi connectivity index (χ2v) is 8.83. The topological polar surface area (TPSA) is 72.5 Å². The first-order valence-corrected chi connectivity index (χ1v) is 11.0. The van der Waals surface area contributed by atoms with Crippen LogP contribution in [0.15, 0.2) is 53.7 Å². The van der Waals surface area contributed by atoms with E-state index in [9.17, 15) is 9.59 Å². The highest BCUT2D eigenvalue weighted by atomic mass is 16.2. The Labute approximate surface area is 183 Å². The van der Waals surface area contributed by atoms with Crippen LogP contribution in [0, 0.1) is 5.92 Å². The maximum absolute atomic E-state index is 12.8. The van der Waals surface area contributed by atoms with E-state index in [2.05, 4.69) is 14.9 Å². The molecule has 4 rings (SSSR count). The van der Waals surface area contributed by atoms with Crippen LogP contribution < -0.4 is 10.5 Å². The first kappa shape index (κ1) is 21.3. The Bertz CT molecular complexity index is 981. The predicted octanol–water partition coefficient (Wildman–Crippen LogP) is 2.37. The summed E-state index contributed by atoms with van der Waals surface area (Å²) in [7, 11) is 3.96. The fourth-order valence-electron chi connectivity index (χ4n) is 4.08. The minimum absolute atomic E-state index is 0.0511. The Hall–Kier alpha value is -2.93. The van der Waals surface area contributed by atoms with Crippen molar-refractivity contribution in [3.05, 3.63) is 59.3 Å². The molecule has 1 amide bonds. The smallest absolute Gasteiger partial charge is 0.271 e. The van der Waals surface area contributed by atoms with Gasteiger partial charge >= 0.3 is 0 Å². The molecule has 1 aliphatic carbocycles. The highest BCUT2D eigenvalue weighted by Crippen LogP contribution is 2.33. The van der Waals surface area contributed by atoms with Gasteiger partial charge in [-0.15, -0.1) is 0 Å². The quantitative estimate of drug-likeness (QED) is 0.663. The summed E-state index contributed by atoms with van der Waals surface area (Å²) in [5.41, 5.74) is 2.61. The number of rotatable bonds is 8. The largest absolute Gasteiger partial charge is 0.362 e. The summed E-state index contributed by atoms with van der Waals surface area (Å²) in [6.07, 6.45) is 12.1. The summed E-state index contributed by atoms with van der Waals surface area (Å²) in [6.45, 7) is 2.98. The fraction of sp³-hybridized carbons (Fsp3) is 0.458. The van der Waals surface area contributed by atoms with Crippen molar-refractivity contribution >= 4 is 11.6 Å². The average molecular weight is 422 g/mol. The van der Waals surface area contributed by atoms with Crippen molar-refractivity contribution in [3.63, 3.8) is 0 Å². The molecule has 7 heteroatoms. The molecular formula is C24H31N5O2. The van der Waals surface area contributed by atoms with E-state index in [0.717, 1.165) is 37.2 Å². The third-order valence-corrected chi connectivity index (χ3v) is 6.01. The zero-order chi connectivity index (χ0) is 21.8. The molecule has 3 heterocycles. The molecule has 7 nitrogen and oxygen atoms in total. The van der Waals surface area contributed by atoms with Crippen molar-refractivity contribution in [1.29, 1.82) is 0 Å². The zero-order valence-electron chi connectivity index (χ0n) is 18.3. The average Bonchev–Trinajstić information content (AvgIpc) is 3.46. The van der Waals surface area contributed by atoms with Crippen LogP contribution in [0.3, 0.4) is 0 Å². The lowest BCUT2D eigenvalue weighted by molar-refractivity contribution is -0.125. The molecule has 164 valence electrons. The lowest BCUT2D eigenvalue weighted by Gasteiger charge is -2.31. The first-order chi connectivity index (χ1) is 15.0. The van der Waals surface area contributed by atoms with Gasteiger partial charge in [0.2, 0.25) is 5.91 Å². The molecule has 2 aliphatic rings. The van der Waals surface area contributed by atoms with Crippen LogP contribution in [-0.4, -0.2) is 72.0 Å². The number of H-pyrrole nitrogens is 1. The van der Waals surface area contributed by atoms with Crippen molar-refractivity contribution in [2.24, 2.45) is 5.92 Å². The standard InChI is InChI=1S/C24H31N5O2/c1-27(2)12-3-4-23(30)28-13-9-21(17-28)29(16-18-5-6-18)22-14-20(15-26-24(22)31)19-7-10-25-11-8-19/h3-4,7-8,10-11,14-15,18,21H,5-6,9,12-13,16-17H2,1-2H3,(H,26,31)/b4-3+/t21-/m0/s1. The highest BCUT2D eigenvalue weighted by molar-refractivity contribution is 5.88. The number of amides is 1. The van der Waals surface area contributed by atoms with Gasteiger partial charge in [-0.2, -0.15) is 0 Å². The molecule has 1 N–H and O–H groups in total. The number of hydrogen-bond donors (Lipinski definition) is 1. The normalized spacial score (nSPS) is 18.8. The molecule has 0 spiro atoms. The van der Waals surface area contributed by atoms with E-state index < -0.39 is 0 Å². The van der Waals surface area contributed by atoms with E-state index in [1.54, 1.807) is 24.7 Å². The number of anilines is 1. The minimum Gasteiger partial charge on any atom is -0.362 e. The van der Waals surface area contributed by atoms with Gasteiger partial charge < -0.3 is 19.7 Å².